The topological polar surface area (TPSA) is 29.9 Å². The number of fused-ring (bicyclic) bond motifs is 1. The fourth-order valence-corrected chi connectivity index (χ4v) is 3.92. The van der Waals surface area contributed by atoms with Gasteiger partial charge in [-0.3, -0.25) is 0 Å². The van der Waals surface area contributed by atoms with Crippen LogP contribution in [0.25, 0.3) is 22.4 Å². The van der Waals surface area contributed by atoms with E-state index in [-0.39, 0.29) is 0 Å². The molecule has 0 amide bonds. The Morgan fingerprint density at radius 2 is 1.62 bits per heavy atom. The minimum Gasteiger partial charge on any atom is -0.353 e. The molecule has 3 nitrogen and oxygen atoms in total. The summed E-state index contributed by atoms with van der Waals surface area (Å²) in [7, 11) is 0. The summed E-state index contributed by atoms with van der Waals surface area (Å²) in [5, 5.41) is 3.65. The van der Waals surface area contributed by atoms with Crippen LogP contribution >= 0.6 is 0 Å². The summed E-state index contributed by atoms with van der Waals surface area (Å²) < 4.78 is 2.39. The Kier molecular flexibility index (Phi) is 5.66. The Morgan fingerprint density at radius 1 is 0.862 bits per heavy atom. The fourth-order valence-electron chi connectivity index (χ4n) is 3.92. The van der Waals surface area contributed by atoms with Gasteiger partial charge in [0, 0.05) is 17.8 Å². The normalized spacial score (nSPS) is 11.1. The average molecular weight is 384 g/mol. The molecule has 1 aromatic heterocycles. The average Bonchev–Trinajstić information content (AvgIpc) is 3.12. The van der Waals surface area contributed by atoms with E-state index in [9.17, 15) is 0 Å². The highest BCUT2D eigenvalue weighted by Gasteiger charge is 2.16. The molecule has 0 radical (unpaired) electrons. The van der Waals surface area contributed by atoms with Crippen LogP contribution in [0.3, 0.4) is 0 Å². The number of benzene rings is 3. The summed E-state index contributed by atoms with van der Waals surface area (Å²) in [6, 6.07) is 23.5. The first-order valence-electron chi connectivity index (χ1n) is 10.6. The maximum absolute atomic E-state index is 5.15. The number of para-hydroxylation sites is 2. The predicted molar refractivity (Wildman–Crippen MR) is 124 cm³/mol. The van der Waals surface area contributed by atoms with Crippen molar-refractivity contribution in [2.45, 2.75) is 46.6 Å². The van der Waals surface area contributed by atoms with Crippen molar-refractivity contribution in [3.63, 3.8) is 0 Å². The number of unbranched alkanes of at least 4 members (excludes halogenated alkanes) is 1. The minimum atomic E-state index is 0.978. The summed E-state index contributed by atoms with van der Waals surface area (Å²) >= 11 is 0. The van der Waals surface area contributed by atoms with Crippen LogP contribution < -0.4 is 5.32 Å². The van der Waals surface area contributed by atoms with Crippen LogP contribution in [0.15, 0.2) is 66.7 Å². The number of hydrogen-bond donors (Lipinski definition) is 1. The molecule has 29 heavy (non-hydrogen) atoms. The van der Waals surface area contributed by atoms with Crippen LogP contribution in [-0.4, -0.2) is 9.55 Å². The van der Waals surface area contributed by atoms with Crippen LogP contribution in [0.5, 0.6) is 0 Å². The van der Waals surface area contributed by atoms with E-state index < -0.39 is 0 Å². The first-order valence-corrected chi connectivity index (χ1v) is 10.6. The van der Waals surface area contributed by atoms with Gasteiger partial charge < -0.3 is 9.88 Å². The number of anilines is 2. The van der Waals surface area contributed by atoms with Gasteiger partial charge in [-0.25, -0.2) is 4.98 Å². The second-order valence-corrected chi connectivity index (χ2v) is 7.56. The van der Waals surface area contributed by atoms with E-state index in [2.05, 4.69) is 97.4 Å². The van der Waals surface area contributed by atoms with Crippen molar-refractivity contribution in [3.8, 4) is 11.4 Å². The third-order valence-corrected chi connectivity index (χ3v) is 5.57. The summed E-state index contributed by atoms with van der Waals surface area (Å²) in [5.41, 5.74) is 8.22. The van der Waals surface area contributed by atoms with Crippen LogP contribution in [-0.2, 0) is 13.0 Å². The Balaban J connectivity index is 1.87. The molecule has 0 saturated carbocycles. The highest BCUT2D eigenvalue weighted by molar-refractivity contribution is 5.93. The van der Waals surface area contributed by atoms with E-state index in [4.69, 9.17) is 4.98 Å². The molecule has 0 bridgehead atoms. The lowest BCUT2D eigenvalue weighted by molar-refractivity contribution is 0.651. The number of aryl methyl sites for hydroxylation is 3. The van der Waals surface area contributed by atoms with Crippen LogP contribution in [0.2, 0.25) is 0 Å². The smallest absolute Gasteiger partial charge is 0.141 e. The van der Waals surface area contributed by atoms with E-state index in [0.29, 0.717) is 0 Å². The standard InChI is InChI=1S/C26H29N3/c1-4-6-18-29-24-17-11-16-23(27-22-15-10-8-13-20(22)5-2)25(24)28-26(29)21-14-9-7-12-19(21)3/h7-17,27H,4-6,18H2,1-3H3. The largest absolute Gasteiger partial charge is 0.353 e. The predicted octanol–water partition coefficient (Wildman–Crippen LogP) is 7.12. The van der Waals surface area contributed by atoms with Crippen LogP contribution in [0, 0.1) is 6.92 Å². The van der Waals surface area contributed by atoms with Crippen molar-refractivity contribution in [2.24, 2.45) is 0 Å². The first kappa shape index (κ1) is 19.3. The van der Waals surface area contributed by atoms with Gasteiger partial charge >= 0.3 is 0 Å². The summed E-state index contributed by atoms with van der Waals surface area (Å²) in [5.74, 6) is 1.06. The Hall–Kier alpha value is -3.07. The van der Waals surface area contributed by atoms with Gasteiger partial charge in [0.1, 0.15) is 11.3 Å². The zero-order valence-electron chi connectivity index (χ0n) is 17.6. The summed E-state index contributed by atoms with van der Waals surface area (Å²) in [4.78, 5) is 5.15. The molecule has 0 aliphatic rings. The second-order valence-electron chi connectivity index (χ2n) is 7.56. The molecular weight excluding hydrogens is 354 g/mol. The van der Waals surface area contributed by atoms with Gasteiger partial charge in [0.15, 0.2) is 0 Å². The molecule has 4 aromatic rings. The van der Waals surface area contributed by atoms with E-state index >= 15 is 0 Å². The first-order chi connectivity index (χ1) is 14.2. The van der Waals surface area contributed by atoms with Crippen molar-refractivity contribution in [2.75, 3.05) is 5.32 Å². The van der Waals surface area contributed by atoms with Crippen LogP contribution in [0.1, 0.15) is 37.8 Å². The van der Waals surface area contributed by atoms with Crippen molar-refractivity contribution in [1.82, 2.24) is 9.55 Å². The monoisotopic (exact) mass is 383 g/mol. The third kappa shape index (κ3) is 3.77. The van der Waals surface area contributed by atoms with Gasteiger partial charge in [0.25, 0.3) is 0 Å². The molecule has 0 unspecified atom stereocenters. The molecule has 0 aliphatic heterocycles. The zero-order valence-corrected chi connectivity index (χ0v) is 17.6. The Bertz CT molecular complexity index is 1120. The second kappa shape index (κ2) is 8.52. The molecule has 0 spiro atoms. The molecule has 1 heterocycles. The molecule has 1 N–H and O–H groups in total. The number of imidazole rings is 1. The highest BCUT2D eigenvalue weighted by atomic mass is 15.1. The highest BCUT2D eigenvalue weighted by Crippen LogP contribution is 2.33. The third-order valence-electron chi connectivity index (χ3n) is 5.57. The lowest BCUT2D eigenvalue weighted by Gasteiger charge is -2.12. The molecule has 3 aromatic carbocycles. The molecule has 0 saturated heterocycles. The molecule has 0 atom stereocenters. The maximum Gasteiger partial charge on any atom is 0.141 e. The molecule has 148 valence electrons. The fraction of sp³-hybridized carbons (Fsp3) is 0.269. The van der Waals surface area contributed by atoms with Gasteiger partial charge in [-0.05, 0) is 49.1 Å². The SMILES string of the molecule is CCCCn1c(-c2ccccc2C)nc2c(Nc3ccccc3CC)cccc21. The number of nitrogens with one attached hydrogen (secondary N) is 1. The number of nitrogens with zero attached hydrogens (tertiary/aromatic N) is 2. The van der Waals surface area contributed by atoms with E-state index in [0.717, 1.165) is 48.5 Å². The lowest BCUT2D eigenvalue weighted by Crippen LogP contribution is -2.01. The molecule has 0 fully saturated rings. The minimum absolute atomic E-state index is 0.978. The number of aromatic nitrogens is 2. The van der Waals surface area contributed by atoms with Crippen molar-refractivity contribution >= 4 is 22.4 Å². The summed E-state index contributed by atoms with van der Waals surface area (Å²) in [6.07, 6.45) is 3.30. The van der Waals surface area contributed by atoms with Crippen molar-refractivity contribution < 1.29 is 0 Å². The van der Waals surface area contributed by atoms with Gasteiger partial charge in [-0.2, -0.15) is 0 Å². The molecular formula is C26H29N3. The van der Waals surface area contributed by atoms with Crippen LogP contribution in [0.4, 0.5) is 11.4 Å². The molecule has 0 aliphatic carbocycles. The Morgan fingerprint density at radius 3 is 2.41 bits per heavy atom. The number of hydrogen-bond acceptors (Lipinski definition) is 2. The maximum atomic E-state index is 5.15. The summed E-state index contributed by atoms with van der Waals surface area (Å²) in [6.45, 7) is 7.57. The van der Waals surface area contributed by atoms with E-state index in [1.165, 1.54) is 22.2 Å². The molecule has 4 rings (SSSR count). The van der Waals surface area contributed by atoms with Gasteiger partial charge in [-0.1, -0.05) is 68.8 Å². The van der Waals surface area contributed by atoms with Crippen molar-refractivity contribution in [3.05, 3.63) is 77.9 Å². The quantitative estimate of drug-likeness (QED) is 0.368. The zero-order chi connectivity index (χ0) is 20.2. The molecule has 3 heteroatoms. The van der Waals surface area contributed by atoms with Gasteiger partial charge in [0.2, 0.25) is 0 Å². The van der Waals surface area contributed by atoms with Gasteiger partial charge in [0.05, 0.1) is 11.2 Å². The van der Waals surface area contributed by atoms with Crippen molar-refractivity contribution in [1.29, 1.82) is 0 Å². The number of rotatable bonds is 7. The van der Waals surface area contributed by atoms with Gasteiger partial charge in [-0.15, -0.1) is 0 Å². The van der Waals surface area contributed by atoms with E-state index in [1.54, 1.807) is 0 Å². The lowest BCUT2D eigenvalue weighted by atomic mass is 10.1. The van der Waals surface area contributed by atoms with E-state index in [1.807, 2.05) is 0 Å². The Labute approximate surface area is 173 Å².